The monoisotopic (exact) mass is 350 g/mol. The Morgan fingerprint density at radius 3 is 2.69 bits per heavy atom. The van der Waals surface area contributed by atoms with Crippen LogP contribution in [0.25, 0.3) is 10.9 Å². The molecule has 0 aliphatic heterocycles. The Labute approximate surface area is 148 Å². The molecule has 1 N–H and O–H groups in total. The van der Waals surface area contributed by atoms with Gasteiger partial charge < -0.3 is 14.8 Å². The van der Waals surface area contributed by atoms with Crippen LogP contribution < -0.4 is 14.8 Å². The van der Waals surface area contributed by atoms with Gasteiger partial charge in [0.05, 0.1) is 22.9 Å². The summed E-state index contributed by atoms with van der Waals surface area (Å²) in [6.07, 6.45) is 6.53. The summed E-state index contributed by atoms with van der Waals surface area (Å²) in [6, 6.07) is 10.00. The standard InChI is InChI=1S/C18H14N4O4/c1-3-8-26-13-6-4-12(5-7-13)21-18-14-9-16(22(23)24)17(25-2)10-15(14)19-11-20-18/h1,4-7,9-11H,8H2,2H3,(H,19,20,21). The molecule has 0 radical (unpaired) electrons. The summed E-state index contributed by atoms with van der Waals surface area (Å²) in [5.41, 5.74) is 1.10. The lowest BCUT2D eigenvalue weighted by molar-refractivity contribution is -0.385. The zero-order chi connectivity index (χ0) is 18.5. The minimum atomic E-state index is -0.507. The van der Waals surface area contributed by atoms with Crippen molar-refractivity contribution >= 4 is 28.1 Å². The highest BCUT2D eigenvalue weighted by atomic mass is 16.6. The number of fused-ring (bicyclic) bond motifs is 1. The van der Waals surface area contributed by atoms with Gasteiger partial charge in [-0.15, -0.1) is 6.42 Å². The molecule has 8 heteroatoms. The molecule has 0 saturated heterocycles. The van der Waals surface area contributed by atoms with E-state index in [2.05, 4.69) is 21.2 Å². The number of nitrogens with one attached hydrogen (secondary N) is 1. The van der Waals surface area contributed by atoms with Crippen molar-refractivity contribution in [1.82, 2.24) is 9.97 Å². The van der Waals surface area contributed by atoms with E-state index in [1.807, 2.05) is 0 Å². The summed E-state index contributed by atoms with van der Waals surface area (Å²) in [4.78, 5) is 19.1. The summed E-state index contributed by atoms with van der Waals surface area (Å²) in [7, 11) is 1.37. The molecule has 1 aromatic heterocycles. The van der Waals surface area contributed by atoms with E-state index in [4.69, 9.17) is 15.9 Å². The molecular weight excluding hydrogens is 336 g/mol. The molecular formula is C18H14N4O4. The van der Waals surface area contributed by atoms with Crippen LogP contribution in [0.5, 0.6) is 11.5 Å². The van der Waals surface area contributed by atoms with E-state index in [1.165, 1.54) is 25.6 Å². The first-order chi connectivity index (χ1) is 12.6. The average Bonchev–Trinajstić information content (AvgIpc) is 2.66. The predicted molar refractivity (Wildman–Crippen MR) is 96.8 cm³/mol. The molecule has 130 valence electrons. The normalized spacial score (nSPS) is 10.2. The lowest BCUT2D eigenvalue weighted by Crippen LogP contribution is -1.99. The molecule has 2 aromatic carbocycles. The Balaban J connectivity index is 1.96. The van der Waals surface area contributed by atoms with Gasteiger partial charge in [0.1, 0.15) is 24.5 Å². The molecule has 0 aliphatic rings. The topological polar surface area (TPSA) is 99.4 Å². The maximum atomic E-state index is 11.3. The van der Waals surface area contributed by atoms with Gasteiger partial charge in [-0.25, -0.2) is 9.97 Å². The minimum Gasteiger partial charge on any atom is -0.490 e. The van der Waals surface area contributed by atoms with E-state index in [0.717, 1.165) is 5.69 Å². The van der Waals surface area contributed by atoms with E-state index in [-0.39, 0.29) is 18.0 Å². The molecule has 0 fully saturated rings. The van der Waals surface area contributed by atoms with Crippen LogP contribution in [0, 0.1) is 22.5 Å². The first-order valence-corrected chi connectivity index (χ1v) is 7.53. The number of anilines is 2. The van der Waals surface area contributed by atoms with Gasteiger partial charge in [0.2, 0.25) is 0 Å². The quantitative estimate of drug-likeness (QED) is 0.413. The molecule has 0 spiro atoms. The van der Waals surface area contributed by atoms with Crippen molar-refractivity contribution in [1.29, 1.82) is 0 Å². The van der Waals surface area contributed by atoms with Crippen LogP contribution in [0.4, 0.5) is 17.2 Å². The number of nitro benzene ring substituents is 1. The van der Waals surface area contributed by atoms with E-state index in [1.54, 1.807) is 24.3 Å². The van der Waals surface area contributed by atoms with Crippen molar-refractivity contribution in [2.24, 2.45) is 0 Å². The van der Waals surface area contributed by atoms with E-state index in [9.17, 15) is 10.1 Å². The maximum absolute atomic E-state index is 11.3. The van der Waals surface area contributed by atoms with Gasteiger partial charge in [-0.2, -0.15) is 0 Å². The molecule has 3 aromatic rings. The lowest BCUT2D eigenvalue weighted by atomic mass is 10.2. The summed E-state index contributed by atoms with van der Waals surface area (Å²) in [6.45, 7) is 0.189. The molecule has 8 nitrogen and oxygen atoms in total. The van der Waals surface area contributed by atoms with Gasteiger partial charge in [0.25, 0.3) is 0 Å². The summed E-state index contributed by atoms with van der Waals surface area (Å²) in [5.74, 6) is 3.62. The number of terminal acetylenes is 1. The number of benzene rings is 2. The van der Waals surface area contributed by atoms with Crippen molar-refractivity contribution in [2.75, 3.05) is 19.0 Å². The van der Waals surface area contributed by atoms with Crippen LogP contribution in [0.15, 0.2) is 42.7 Å². The Bertz CT molecular complexity index is 996. The van der Waals surface area contributed by atoms with Gasteiger partial charge >= 0.3 is 5.69 Å². The second-order valence-corrected chi connectivity index (χ2v) is 5.16. The molecule has 1 heterocycles. The van der Waals surface area contributed by atoms with E-state index in [0.29, 0.717) is 22.5 Å². The first kappa shape index (κ1) is 17.0. The molecule has 0 bridgehead atoms. The molecule has 3 rings (SSSR count). The maximum Gasteiger partial charge on any atom is 0.311 e. The van der Waals surface area contributed by atoms with Crippen LogP contribution in [-0.2, 0) is 0 Å². The number of hydrogen-bond donors (Lipinski definition) is 1. The van der Waals surface area contributed by atoms with Crippen LogP contribution in [-0.4, -0.2) is 28.6 Å². The van der Waals surface area contributed by atoms with Gasteiger partial charge in [-0.1, -0.05) is 5.92 Å². The Hall–Kier alpha value is -3.86. The van der Waals surface area contributed by atoms with Crippen molar-refractivity contribution < 1.29 is 14.4 Å². The Kier molecular flexibility index (Phi) is 4.80. The Morgan fingerprint density at radius 1 is 1.27 bits per heavy atom. The third kappa shape index (κ3) is 3.47. The van der Waals surface area contributed by atoms with Crippen LogP contribution in [0.1, 0.15) is 0 Å². The highest BCUT2D eigenvalue weighted by Crippen LogP contribution is 2.34. The van der Waals surface area contributed by atoms with Gasteiger partial charge in [0.15, 0.2) is 5.75 Å². The van der Waals surface area contributed by atoms with Gasteiger partial charge in [-0.3, -0.25) is 10.1 Å². The number of aromatic nitrogens is 2. The number of rotatable bonds is 6. The predicted octanol–water partition coefficient (Wildman–Crippen LogP) is 3.30. The molecule has 0 atom stereocenters. The third-order valence-electron chi connectivity index (χ3n) is 3.57. The fourth-order valence-corrected chi connectivity index (χ4v) is 2.37. The zero-order valence-electron chi connectivity index (χ0n) is 13.8. The Morgan fingerprint density at radius 2 is 2.04 bits per heavy atom. The highest BCUT2D eigenvalue weighted by molar-refractivity contribution is 5.93. The zero-order valence-corrected chi connectivity index (χ0v) is 13.8. The number of nitro groups is 1. The van der Waals surface area contributed by atoms with Crippen molar-refractivity contribution in [2.45, 2.75) is 0 Å². The summed E-state index contributed by atoms with van der Waals surface area (Å²) in [5, 5.41) is 14.9. The fourth-order valence-electron chi connectivity index (χ4n) is 2.37. The molecule has 0 aliphatic carbocycles. The van der Waals surface area contributed by atoms with Gasteiger partial charge in [0, 0.05) is 17.8 Å². The van der Waals surface area contributed by atoms with Crippen molar-refractivity contribution in [3.8, 4) is 23.8 Å². The van der Waals surface area contributed by atoms with Gasteiger partial charge in [-0.05, 0) is 24.3 Å². The SMILES string of the molecule is C#CCOc1ccc(Nc2ncnc3cc(OC)c([N+](=O)[O-])cc23)cc1. The molecule has 0 unspecified atom stereocenters. The number of ether oxygens (including phenoxy) is 2. The highest BCUT2D eigenvalue weighted by Gasteiger charge is 2.18. The molecule has 0 amide bonds. The smallest absolute Gasteiger partial charge is 0.311 e. The lowest BCUT2D eigenvalue weighted by Gasteiger charge is -2.10. The van der Waals surface area contributed by atoms with Crippen LogP contribution in [0.3, 0.4) is 0 Å². The minimum absolute atomic E-state index is 0.141. The van der Waals surface area contributed by atoms with Crippen LogP contribution in [0.2, 0.25) is 0 Å². The van der Waals surface area contributed by atoms with E-state index < -0.39 is 4.92 Å². The molecule has 0 saturated carbocycles. The molecule has 26 heavy (non-hydrogen) atoms. The van der Waals surface area contributed by atoms with Crippen molar-refractivity contribution in [3.05, 3.63) is 52.8 Å². The number of hydrogen-bond acceptors (Lipinski definition) is 7. The summed E-state index contributed by atoms with van der Waals surface area (Å²) < 4.78 is 10.4. The number of methoxy groups -OCH3 is 1. The number of nitrogens with zero attached hydrogens (tertiary/aromatic N) is 3. The third-order valence-corrected chi connectivity index (χ3v) is 3.57. The second-order valence-electron chi connectivity index (χ2n) is 5.16. The fraction of sp³-hybridized carbons (Fsp3) is 0.111. The van der Waals surface area contributed by atoms with E-state index >= 15 is 0 Å². The average molecular weight is 350 g/mol. The second kappa shape index (κ2) is 7.36. The largest absolute Gasteiger partial charge is 0.490 e. The summed E-state index contributed by atoms with van der Waals surface area (Å²) >= 11 is 0. The van der Waals surface area contributed by atoms with Crippen molar-refractivity contribution in [3.63, 3.8) is 0 Å². The first-order valence-electron chi connectivity index (χ1n) is 7.53. The van der Waals surface area contributed by atoms with Crippen LogP contribution >= 0.6 is 0 Å².